The number of rotatable bonds is 5. The Balaban J connectivity index is 2.20. The molecule has 0 atom stereocenters. The van der Waals surface area contributed by atoms with Gasteiger partial charge in [0.1, 0.15) is 0 Å². The first-order chi connectivity index (χ1) is 9.72. The van der Waals surface area contributed by atoms with Gasteiger partial charge in [-0.15, -0.1) is 11.6 Å². The molecule has 0 N–H and O–H groups in total. The van der Waals surface area contributed by atoms with Crippen molar-refractivity contribution in [2.45, 2.75) is 6.54 Å². The van der Waals surface area contributed by atoms with Crippen molar-refractivity contribution in [1.82, 2.24) is 4.90 Å². The summed E-state index contributed by atoms with van der Waals surface area (Å²) in [7, 11) is 0. The van der Waals surface area contributed by atoms with E-state index in [-0.39, 0.29) is 5.91 Å². The van der Waals surface area contributed by atoms with Gasteiger partial charge in [0, 0.05) is 23.4 Å². The molecule has 0 aliphatic carbocycles. The van der Waals surface area contributed by atoms with Crippen molar-refractivity contribution in [1.29, 1.82) is 0 Å². The number of amides is 1. The predicted molar refractivity (Wildman–Crippen MR) is 86.0 cm³/mol. The fourth-order valence-electron chi connectivity index (χ4n) is 1.96. The first kappa shape index (κ1) is 15.1. The molecule has 0 saturated carbocycles. The Morgan fingerprint density at radius 1 is 1.05 bits per heavy atom. The van der Waals surface area contributed by atoms with Crippen molar-refractivity contribution in [3.8, 4) is 0 Å². The van der Waals surface area contributed by atoms with E-state index in [0.717, 1.165) is 10.0 Å². The molecule has 0 bridgehead atoms. The van der Waals surface area contributed by atoms with Crippen LogP contribution >= 0.6 is 27.5 Å². The van der Waals surface area contributed by atoms with Crippen LogP contribution in [0, 0.1) is 0 Å². The molecule has 0 aromatic heterocycles. The van der Waals surface area contributed by atoms with E-state index >= 15 is 0 Å². The summed E-state index contributed by atoms with van der Waals surface area (Å²) in [5.41, 5.74) is 1.76. The first-order valence-corrected chi connectivity index (χ1v) is 7.69. The SMILES string of the molecule is O=C(c1ccccc1Br)N(CCCl)Cc1ccccc1. The summed E-state index contributed by atoms with van der Waals surface area (Å²) in [4.78, 5) is 14.4. The van der Waals surface area contributed by atoms with Gasteiger partial charge in [0.15, 0.2) is 0 Å². The Morgan fingerprint density at radius 3 is 2.35 bits per heavy atom. The van der Waals surface area contributed by atoms with Gasteiger partial charge in [0.25, 0.3) is 5.91 Å². The van der Waals surface area contributed by atoms with Crippen molar-refractivity contribution >= 4 is 33.4 Å². The molecule has 0 heterocycles. The maximum Gasteiger partial charge on any atom is 0.255 e. The van der Waals surface area contributed by atoms with Gasteiger partial charge < -0.3 is 4.90 Å². The van der Waals surface area contributed by atoms with E-state index in [2.05, 4.69) is 15.9 Å². The summed E-state index contributed by atoms with van der Waals surface area (Å²) in [5.74, 6) is 0.408. The molecule has 1 amide bonds. The van der Waals surface area contributed by atoms with E-state index in [1.54, 1.807) is 4.90 Å². The van der Waals surface area contributed by atoms with Crippen LogP contribution in [0.4, 0.5) is 0 Å². The van der Waals surface area contributed by atoms with E-state index in [1.807, 2.05) is 54.6 Å². The van der Waals surface area contributed by atoms with E-state index in [1.165, 1.54) is 0 Å². The highest BCUT2D eigenvalue weighted by Gasteiger charge is 2.17. The van der Waals surface area contributed by atoms with Crippen LogP contribution in [-0.2, 0) is 6.54 Å². The molecule has 0 aliphatic heterocycles. The third kappa shape index (κ3) is 3.84. The highest BCUT2D eigenvalue weighted by Crippen LogP contribution is 2.19. The second-order valence-corrected chi connectivity index (χ2v) is 5.61. The molecule has 0 spiro atoms. The molecule has 0 radical (unpaired) electrons. The minimum Gasteiger partial charge on any atom is -0.333 e. The van der Waals surface area contributed by atoms with Crippen LogP contribution in [0.15, 0.2) is 59.1 Å². The maximum absolute atomic E-state index is 12.6. The van der Waals surface area contributed by atoms with Gasteiger partial charge in [0.2, 0.25) is 0 Å². The molecule has 2 aromatic rings. The molecule has 20 heavy (non-hydrogen) atoms. The van der Waals surface area contributed by atoms with E-state index in [9.17, 15) is 4.79 Å². The monoisotopic (exact) mass is 351 g/mol. The van der Waals surface area contributed by atoms with Crippen molar-refractivity contribution in [3.05, 3.63) is 70.2 Å². The third-order valence-corrected chi connectivity index (χ3v) is 3.82. The van der Waals surface area contributed by atoms with Gasteiger partial charge in [-0.05, 0) is 33.6 Å². The zero-order valence-corrected chi connectivity index (χ0v) is 13.3. The summed E-state index contributed by atoms with van der Waals surface area (Å²) in [6.45, 7) is 1.09. The lowest BCUT2D eigenvalue weighted by molar-refractivity contribution is 0.0753. The van der Waals surface area contributed by atoms with Gasteiger partial charge in [-0.1, -0.05) is 42.5 Å². The fourth-order valence-corrected chi connectivity index (χ4v) is 2.62. The number of hydrogen-bond acceptors (Lipinski definition) is 1. The Kier molecular flexibility index (Phi) is 5.62. The van der Waals surface area contributed by atoms with Crippen LogP contribution in [0.25, 0.3) is 0 Å². The van der Waals surface area contributed by atoms with Crippen molar-refractivity contribution < 1.29 is 4.79 Å². The van der Waals surface area contributed by atoms with E-state index in [4.69, 9.17) is 11.6 Å². The van der Waals surface area contributed by atoms with Crippen molar-refractivity contribution in [3.63, 3.8) is 0 Å². The smallest absolute Gasteiger partial charge is 0.255 e. The molecule has 2 nitrogen and oxygen atoms in total. The molecule has 104 valence electrons. The Morgan fingerprint density at radius 2 is 1.70 bits per heavy atom. The highest BCUT2D eigenvalue weighted by molar-refractivity contribution is 9.10. The van der Waals surface area contributed by atoms with E-state index in [0.29, 0.717) is 24.5 Å². The van der Waals surface area contributed by atoms with Gasteiger partial charge in [-0.2, -0.15) is 0 Å². The van der Waals surface area contributed by atoms with Crippen molar-refractivity contribution in [2.75, 3.05) is 12.4 Å². The summed E-state index contributed by atoms with van der Waals surface area (Å²) < 4.78 is 0.803. The largest absolute Gasteiger partial charge is 0.333 e. The van der Waals surface area contributed by atoms with Crippen LogP contribution in [-0.4, -0.2) is 23.2 Å². The summed E-state index contributed by atoms with van der Waals surface area (Å²) in [6.07, 6.45) is 0. The van der Waals surface area contributed by atoms with Gasteiger partial charge >= 0.3 is 0 Å². The lowest BCUT2D eigenvalue weighted by Gasteiger charge is -2.22. The molecular formula is C16H15BrClNO. The molecule has 0 aliphatic rings. The molecule has 2 rings (SSSR count). The van der Waals surface area contributed by atoms with Crippen molar-refractivity contribution in [2.24, 2.45) is 0 Å². The lowest BCUT2D eigenvalue weighted by atomic mass is 10.1. The van der Waals surface area contributed by atoms with Crippen LogP contribution in [0.1, 0.15) is 15.9 Å². The standard InChI is InChI=1S/C16H15BrClNO/c17-15-9-5-4-8-14(15)16(20)19(11-10-18)12-13-6-2-1-3-7-13/h1-9H,10-12H2. The molecule has 0 saturated heterocycles. The topological polar surface area (TPSA) is 20.3 Å². The van der Waals surface area contributed by atoms with E-state index < -0.39 is 0 Å². The van der Waals surface area contributed by atoms with Crippen LogP contribution in [0.3, 0.4) is 0 Å². The minimum absolute atomic E-state index is 0.0121. The summed E-state index contributed by atoms with van der Waals surface area (Å²) in [6, 6.07) is 17.4. The number of nitrogens with zero attached hydrogens (tertiary/aromatic N) is 1. The average Bonchev–Trinajstić information content (AvgIpc) is 2.48. The summed E-state index contributed by atoms with van der Waals surface area (Å²) >= 11 is 9.25. The van der Waals surface area contributed by atoms with Crippen LogP contribution in [0.5, 0.6) is 0 Å². The van der Waals surface area contributed by atoms with Gasteiger partial charge in [-0.25, -0.2) is 0 Å². The summed E-state index contributed by atoms with van der Waals surface area (Å²) in [5, 5.41) is 0. The molecule has 0 unspecified atom stereocenters. The zero-order chi connectivity index (χ0) is 14.4. The maximum atomic E-state index is 12.6. The molecular weight excluding hydrogens is 338 g/mol. The van der Waals surface area contributed by atoms with Gasteiger partial charge in [-0.3, -0.25) is 4.79 Å². The lowest BCUT2D eigenvalue weighted by Crippen LogP contribution is -2.32. The Hall–Kier alpha value is -1.32. The average molecular weight is 353 g/mol. The quantitative estimate of drug-likeness (QED) is 0.733. The fraction of sp³-hybridized carbons (Fsp3) is 0.188. The number of halogens is 2. The normalized spacial score (nSPS) is 10.3. The molecule has 2 aromatic carbocycles. The number of benzene rings is 2. The second-order valence-electron chi connectivity index (χ2n) is 4.38. The number of alkyl halides is 1. The Bertz CT molecular complexity index is 574. The Labute approximate surface area is 132 Å². The highest BCUT2D eigenvalue weighted by atomic mass is 79.9. The first-order valence-electron chi connectivity index (χ1n) is 6.36. The number of hydrogen-bond donors (Lipinski definition) is 0. The minimum atomic E-state index is -0.0121. The number of carbonyl (C=O) groups is 1. The third-order valence-electron chi connectivity index (χ3n) is 2.96. The zero-order valence-electron chi connectivity index (χ0n) is 10.9. The van der Waals surface area contributed by atoms with Crippen LogP contribution in [0.2, 0.25) is 0 Å². The molecule has 4 heteroatoms. The molecule has 0 fully saturated rings. The second kappa shape index (κ2) is 7.46. The van der Waals surface area contributed by atoms with Gasteiger partial charge in [0.05, 0.1) is 5.56 Å². The van der Waals surface area contributed by atoms with Crippen LogP contribution < -0.4 is 0 Å². The number of carbonyl (C=O) groups excluding carboxylic acids is 1. The predicted octanol–water partition coefficient (Wildman–Crippen LogP) is 4.33.